The van der Waals surface area contributed by atoms with Gasteiger partial charge in [-0.1, -0.05) is 17.7 Å². The van der Waals surface area contributed by atoms with Gasteiger partial charge in [-0.25, -0.2) is 9.78 Å². The molecule has 0 radical (unpaired) electrons. The van der Waals surface area contributed by atoms with Crippen molar-refractivity contribution in [2.24, 2.45) is 7.05 Å². The molecule has 1 saturated heterocycles. The molecule has 23 heavy (non-hydrogen) atoms. The van der Waals surface area contributed by atoms with Crippen molar-refractivity contribution in [1.82, 2.24) is 19.4 Å². The van der Waals surface area contributed by atoms with E-state index in [0.717, 1.165) is 42.9 Å². The maximum absolute atomic E-state index is 11.7. The quantitative estimate of drug-likeness (QED) is 0.824. The van der Waals surface area contributed by atoms with E-state index in [1.54, 1.807) is 12.3 Å². The van der Waals surface area contributed by atoms with Crippen molar-refractivity contribution >= 4 is 17.4 Å². The molecular weight excluding hydrogens is 318 g/mol. The number of nitrogens with one attached hydrogen (secondary N) is 1. The molecule has 1 N–H and O–H groups in total. The normalized spacial score (nSPS) is 15.8. The summed E-state index contributed by atoms with van der Waals surface area (Å²) in [6.07, 6.45) is 1.78. The van der Waals surface area contributed by atoms with E-state index in [9.17, 15) is 9.59 Å². The molecule has 1 aliphatic heterocycles. The molecule has 0 amide bonds. The van der Waals surface area contributed by atoms with Gasteiger partial charge in [-0.05, 0) is 11.6 Å². The van der Waals surface area contributed by atoms with Gasteiger partial charge >= 0.3 is 5.69 Å². The molecule has 122 valence electrons. The summed E-state index contributed by atoms with van der Waals surface area (Å²) in [6.45, 7) is 4.01. The lowest BCUT2D eigenvalue weighted by atomic mass is 10.2. The van der Waals surface area contributed by atoms with Crippen molar-refractivity contribution in [1.29, 1.82) is 0 Å². The van der Waals surface area contributed by atoms with Crippen molar-refractivity contribution in [3.8, 4) is 0 Å². The molecule has 3 heterocycles. The van der Waals surface area contributed by atoms with Gasteiger partial charge in [0, 0.05) is 52.0 Å². The van der Waals surface area contributed by atoms with Crippen LogP contribution in [0.15, 0.2) is 34.0 Å². The highest BCUT2D eigenvalue weighted by atomic mass is 35.5. The van der Waals surface area contributed by atoms with Crippen molar-refractivity contribution in [2.45, 2.75) is 6.54 Å². The second kappa shape index (κ2) is 6.55. The highest BCUT2D eigenvalue weighted by Gasteiger charge is 2.18. The van der Waals surface area contributed by atoms with Crippen LogP contribution in [0.5, 0.6) is 0 Å². The number of anilines is 1. The second-order valence-corrected chi connectivity index (χ2v) is 6.00. The number of nitrogens with zero attached hydrogens (tertiary/aromatic N) is 4. The Morgan fingerprint density at radius 2 is 1.96 bits per heavy atom. The number of H-pyrrole nitrogens is 1. The molecule has 3 rings (SSSR count). The lowest BCUT2D eigenvalue weighted by Crippen LogP contribution is -2.47. The van der Waals surface area contributed by atoms with Crippen LogP contribution in [0.25, 0.3) is 0 Å². The van der Waals surface area contributed by atoms with Crippen LogP contribution in [-0.4, -0.2) is 45.6 Å². The van der Waals surface area contributed by atoms with Gasteiger partial charge in [0.15, 0.2) is 0 Å². The lowest BCUT2D eigenvalue weighted by molar-refractivity contribution is 0.249. The van der Waals surface area contributed by atoms with E-state index in [-0.39, 0.29) is 11.2 Å². The van der Waals surface area contributed by atoms with Crippen LogP contribution < -0.4 is 16.1 Å². The first kappa shape index (κ1) is 15.8. The minimum absolute atomic E-state index is 0.293. The zero-order valence-electron chi connectivity index (χ0n) is 12.8. The van der Waals surface area contributed by atoms with E-state index >= 15 is 0 Å². The van der Waals surface area contributed by atoms with Crippen molar-refractivity contribution < 1.29 is 0 Å². The Kier molecular flexibility index (Phi) is 4.49. The summed E-state index contributed by atoms with van der Waals surface area (Å²) in [5.74, 6) is 0.589. The first-order chi connectivity index (χ1) is 11.0. The molecule has 1 fully saturated rings. The largest absolute Gasteiger partial charge is 0.355 e. The smallest absolute Gasteiger partial charge is 0.329 e. The maximum Gasteiger partial charge on any atom is 0.329 e. The highest BCUT2D eigenvalue weighted by molar-refractivity contribution is 6.29. The third-order valence-corrected chi connectivity index (χ3v) is 4.26. The van der Waals surface area contributed by atoms with Crippen LogP contribution in [0.2, 0.25) is 5.15 Å². The Labute approximate surface area is 138 Å². The fraction of sp³-hybridized carbons (Fsp3) is 0.400. The van der Waals surface area contributed by atoms with E-state index in [2.05, 4.69) is 14.9 Å². The zero-order valence-corrected chi connectivity index (χ0v) is 13.6. The monoisotopic (exact) mass is 335 g/mol. The maximum atomic E-state index is 11.7. The van der Waals surface area contributed by atoms with Gasteiger partial charge in [0.05, 0.1) is 0 Å². The minimum atomic E-state index is -0.387. The SMILES string of the molecule is Cn1c(=O)cc(N2CCN(Cc3ccc(Cl)nc3)CC2)[nH]c1=O. The molecule has 0 bridgehead atoms. The van der Waals surface area contributed by atoms with E-state index in [1.165, 1.54) is 13.1 Å². The molecule has 0 spiro atoms. The van der Waals surface area contributed by atoms with Gasteiger partial charge < -0.3 is 4.90 Å². The molecule has 0 aliphatic carbocycles. The number of aromatic amines is 1. The number of rotatable bonds is 3. The number of pyridine rings is 1. The number of piperazine rings is 1. The third-order valence-electron chi connectivity index (χ3n) is 4.04. The standard InChI is InChI=1S/C15H18ClN5O2/c1-19-14(22)8-13(18-15(19)23)21-6-4-20(5-7-21)10-11-2-3-12(16)17-9-11/h2-3,8-9H,4-7,10H2,1H3,(H,18,23). The van der Waals surface area contributed by atoms with Gasteiger partial charge in [-0.3, -0.25) is 19.2 Å². The van der Waals surface area contributed by atoms with Crippen molar-refractivity contribution in [2.75, 3.05) is 31.1 Å². The van der Waals surface area contributed by atoms with E-state index in [1.807, 2.05) is 11.0 Å². The van der Waals surface area contributed by atoms with E-state index < -0.39 is 0 Å². The number of hydrogen-bond donors (Lipinski definition) is 1. The van der Waals surface area contributed by atoms with Crippen LogP contribution >= 0.6 is 11.6 Å². The summed E-state index contributed by atoms with van der Waals surface area (Å²) in [7, 11) is 1.46. The van der Waals surface area contributed by atoms with Crippen LogP contribution in [0.1, 0.15) is 5.56 Å². The topological polar surface area (TPSA) is 74.2 Å². The first-order valence-corrected chi connectivity index (χ1v) is 7.79. The molecule has 1 aliphatic rings. The van der Waals surface area contributed by atoms with Gasteiger partial charge in [0.1, 0.15) is 11.0 Å². The van der Waals surface area contributed by atoms with Gasteiger partial charge in [0.2, 0.25) is 0 Å². The molecule has 8 heteroatoms. The fourth-order valence-corrected chi connectivity index (χ4v) is 2.73. The lowest BCUT2D eigenvalue weighted by Gasteiger charge is -2.35. The van der Waals surface area contributed by atoms with Crippen LogP contribution in [0, 0.1) is 0 Å². The number of aromatic nitrogens is 3. The predicted molar refractivity (Wildman–Crippen MR) is 89.0 cm³/mol. The molecular formula is C15H18ClN5O2. The van der Waals surface area contributed by atoms with E-state index in [0.29, 0.717) is 11.0 Å². The summed E-state index contributed by atoms with van der Waals surface area (Å²) in [5, 5.41) is 0.494. The average Bonchev–Trinajstić information content (AvgIpc) is 2.55. The van der Waals surface area contributed by atoms with Crippen LogP contribution in [-0.2, 0) is 13.6 Å². The molecule has 0 aromatic carbocycles. The molecule has 2 aromatic rings. The van der Waals surface area contributed by atoms with Crippen LogP contribution in [0.3, 0.4) is 0 Å². The fourth-order valence-electron chi connectivity index (χ4n) is 2.62. The van der Waals surface area contributed by atoms with E-state index in [4.69, 9.17) is 11.6 Å². The summed E-state index contributed by atoms with van der Waals surface area (Å²) < 4.78 is 1.06. The summed E-state index contributed by atoms with van der Waals surface area (Å²) >= 11 is 5.79. The Balaban J connectivity index is 1.63. The predicted octanol–water partition coefficient (Wildman–Crippen LogP) is 0.444. The Hall–Kier alpha value is -2.12. The van der Waals surface area contributed by atoms with Crippen molar-refractivity contribution in [3.05, 3.63) is 56.0 Å². The highest BCUT2D eigenvalue weighted by Crippen LogP contribution is 2.13. The summed E-state index contributed by atoms with van der Waals surface area (Å²) in [5.41, 5.74) is 0.436. The van der Waals surface area contributed by atoms with Gasteiger partial charge in [-0.15, -0.1) is 0 Å². The van der Waals surface area contributed by atoms with Gasteiger partial charge in [0.25, 0.3) is 5.56 Å². The molecule has 0 unspecified atom stereocenters. The van der Waals surface area contributed by atoms with Crippen molar-refractivity contribution in [3.63, 3.8) is 0 Å². The second-order valence-electron chi connectivity index (χ2n) is 5.61. The number of hydrogen-bond acceptors (Lipinski definition) is 5. The first-order valence-electron chi connectivity index (χ1n) is 7.41. The Bertz CT molecular complexity index is 759. The molecule has 0 atom stereocenters. The Morgan fingerprint density at radius 3 is 2.57 bits per heavy atom. The Morgan fingerprint density at radius 1 is 1.22 bits per heavy atom. The average molecular weight is 336 g/mol. The molecule has 7 nitrogen and oxygen atoms in total. The molecule has 0 saturated carbocycles. The zero-order chi connectivity index (χ0) is 16.4. The van der Waals surface area contributed by atoms with Gasteiger partial charge in [-0.2, -0.15) is 0 Å². The minimum Gasteiger partial charge on any atom is -0.355 e. The molecule has 2 aromatic heterocycles. The van der Waals surface area contributed by atoms with Crippen LogP contribution in [0.4, 0.5) is 5.82 Å². The summed E-state index contributed by atoms with van der Waals surface area (Å²) in [4.78, 5) is 34.6. The third kappa shape index (κ3) is 3.62. The summed E-state index contributed by atoms with van der Waals surface area (Å²) in [6, 6.07) is 5.23. The number of halogens is 1.